The lowest BCUT2D eigenvalue weighted by molar-refractivity contribution is 0.382. The van der Waals surface area contributed by atoms with E-state index in [2.05, 4.69) is 15.0 Å². The number of fused-ring (bicyclic) bond motifs is 1. The number of pyridine rings is 1. The van der Waals surface area contributed by atoms with E-state index in [0.717, 1.165) is 5.39 Å². The lowest BCUT2D eigenvalue weighted by atomic mass is 10.3. The van der Waals surface area contributed by atoms with Crippen molar-refractivity contribution >= 4 is 10.9 Å². The number of H-pyrrole nitrogens is 1. The Bertz CT molecular complexity index is 492. The molecule has 2 rings (SSSR count). The van der Waals surface area contributed by atoms with Gasteiger partial charge in [0.15, 0.2) is 0 Å². The Kier molecular flexibility index (Phi) is 1.70. The van der Waals surface area contributed by atoms with Gasteiger partial charge in [-0.15, -0.1) is 0 Å². The molecule has 0 aliphatic rings. The van der Waals surface area contributed by atoms with Gasteiger partial charge in [-0.05, 0) is 0 Å². The fourth-order valence-electron chi connectivity index (χ4n) is 1.03. The maximum Gasteiger partial charge on any atom is 0.316 e. The molecule has 0 atom stereocenters. The van der Waals surface area contributed by atoms with Crippen molar-refractivity contribution in [3.63, 3.8) is 0 Å². The van der Waals surface area contributed by atoms with Crippen molar-refractivity contribution < 1.29 is 4.74 Å². The summed E-state index contributed by atoms with van der Waals surface area (Å²) in [6.07, 6.45) is 3.16. The first-order valence-electron chi connectivity index (χ1n) is 3.69. The van der Waals surface area contributed by atoms with Crippen LogP contribution in [0.1, 0.15) is 0 Å². The molecule has 0 bridgehead atoms. The van der Waals surface area contributed by atoms with Gasteiger partial charge in [0.05, 0.1) is 12.6 Å². The number of ether oxygens (including phenoxy) is 1. The molecule has 0 fully saturated rings. The maximum absolute atomic E-state index is 10.9. The van der Waals surface area contributed by atoms with E-state index < -0.39 is 0 Å². The predicted molar refractivity (Wildman–Crippen MR) is 46.7 cm³/mol. The SMILES string of the molecule is COc1ncc2c[nH]c(=O)cc2n1. The van der Waals surface area contributed by atoms with E-state index in [1.807, 2.05) is 0 Å². The number of hydrogen-bond donors (Lipinski definition) is 1. The number of nitrogens with zero attached hydrogens (tertiary/aromatic N) is 2. The molecule has 0 saturated heterocycles. The number of aromatic nitrogens is 3. The molecule has 0 amide bonds. The molecule has 0 aliphatic carbocycles. The van der Waals surface area contributed by atoms with Gasteiger partial charge in [-0.1, -0.05) is 0 Å². The van der Waals surface area contributed by atoms with Gasteiger partial charge in [-0.25, -0.2) is 4.98 Å². The molecule has 1 N–H and O–H groups in total. The lowest BCUT2D eigenvalue weighted by Gasteiger charge is -1.98. The van der Waals surface area contributed by atoms with E-state index in [4.69, 9.17) is 4.74 Å². The van der Waals surface area contributed by atoms with E-state index in [-0.39, 0.29) is 11.6 Å². The normalized spacial score (nSPS) is 10.2. The zero-order valence-electron chi connectivity index (χ0n) is 6.94. The van der Waals surface area contributed by atoms with E-state index in [9.17, 15) is 4.79 Å². The van der Waals surface area contributed by atoms with Crippen LogP contribution in [-0.2, 0) is 0 Å². The highest BCUT2D eigenvalue weighted by molar-refractivity contribution is 5.76. The Morgan fingerprint density at radius 2 is 2.38 bits per heavy atom. The molecule has 5 heteroatoms. The molecule has 2 aromatic heterocycles. The molecular formula is C8H7N3O2. The molecule has 66 valence electrons. The second-order valence-corrected chi connectivity index (χ2v) is 2.49. The van der Waals surface area contributed by atoms with Crippen LogP contribution in [0.25, 0.3) is 10.9 Å². The van der Waals surface area contributed by atoms with Crippen molar-refractivity contribution in [2.75, 3.05) is 7.11 Å². The van der Waals surface area contributed by atoms with Crippen molar-refractivity contribution in [1.29, 1.82) is 0 Å². The van der Waals surface area contributed by atoms with Gasteiger partial charge in [-0.3, -0.25) is 4.79 Å². The first-order valence-corrected chi connectivity index (χ1v) is 3.69. The van der Waals surface area contributed by atoms with Crippen LogP contribution in [0.5, 0.6) is 6.01 Å². The van der Waals surface area contributed by atoms with E-state index >= 15 is 0 Å². The van der Waals surface area contributed by atoms with Gasteiger partial charge < -0.3 is 9.72 Å². The minimum Gasteiger partial charge on any atom is -0.467 e. The minimum absolute atomic E-state index is 0.187. The monoisotopic (exact) mass is 177 g/mol. The molecule has 0 spiro atoms. The van der Waals surface area contributed by atoms with Crippen molar-refractivity contribution in [2.24, 2.45) is 0 Å². The standard InChI is InChI=1S/C8H7N3O2/c1-13-8-10-4-5-3-9-7(12)2-6(5)11-8/h2-4H,1H3,(H,9,12). The number of hydrogen-bond acceptors (Lipinski definition) is 4. The van der Waals surface area contributed by atoms with Gasteiger partial charge >= 0.3 is 6.01 Å². The van der Waals surface area contributed by atoms with E-state index in [1.54, 1.807) is 12.4 Å². The third-order valence-electron chi connectivity index (χ3n) is 1.65. The van der Waals surface area contributed by atoms with Gasteiger partial charge in [0, 0.05) is 23.8 Å². The average Bonchev–Trinajstić information content (AvgIpc) is 2.16. The van der Waals surface area contributed by atoms with Crippen LogP contribution < -0.4 is 10.3 Å². The fraction of sp³-hybridized carbons (Fsp3) is 0.125. The number of aromatic amines is 1. The molecular weight excluding hydrogens is 170 g/mol. The second kappa shape index (κ2) is 2.85. The van der Waals surface area contributed by atoms with Crippen LogP contribution in [0.3, 0.4) is 0 Å². The van der Waals surface area contributed by atoms with Gasteiger partial charge in [0.1, 0.15) is 0 Å². The highest BCUT2D eigenvalue weighted by Crippen LogP contribution is 2.09. The molecule has 0 aliphatic heterocycles. The van der Waals surface area contributed by atoms with Gasteiger partial charge in [-0.2, -0.15) is 4.98 Å². The molecule has 2 heterocycles. The second-order valence-electron chi connectivity index (χ2n) is 2.49. The topological polar surface area (TPSA) is 67.9 Å². The van der Waals surface area contributed by atoms with Crippen molar-refractivity contribution in [3.05, 3.63) is 28.8 Å². The molecule has 2 aromatic rings. The van der Waals surface area contributed by atoms with Crippen molar-refractivity contribution in [2.45, 2.75) is 0 Å². The Labute approximate surface area is 73.4 Å². The molecule has 0 saturated carbocycles. The summed E-state index contributed by atoms with van der Waals surface area (Å²) in [4.78, 5) is 21.4. The largest absolute Gasteiger partial charge is 0.467 e. The van der Waals surface area contributed by atoms with Crippen LogP contribution in [-0.4, -0.2) is 22.1 Å². The molecule has 13 heavy (non-hydrogen) atoms. The summed E-state index contributed by atoms with van der Waals surface area (Å²) in [5.41, 5.74) is 0.392. The first-order chi connectivity index (χ1) is 6.29. The summed E-state index contributed by atoms with van der Waals surface area (Å²) < 4.78 is 4.83. The zero-order chi connectivity index (χ0) is 9.26. The highest BCUT2D eigenvalue weighted by Gasteiger charge is 1.98. The zero-order valence-corrected chi connectivity index (χ0v) is 6.94. The summed E-state index contributed by atoms with van der Waals surface area (Å²) in [6.45, 7) is 0. The number of rotatable bonds is 1. The summed E-state index contributed by atoms with van der Waals surface area (Å²) in [7, 11) is 1.48. The number of nitrogens with one attached hydrogen (secondary N) is 1. The van der Waals surface area contributed by atoms with Crippen molar-refractivity contribution in [3.8, 4) is 6.01 Å². The Morgan fingerprint density at radius 1 is 1.54 bits per heavy atom. The molecule has 0 unspecified atom stereocenters. The van der Waals surface area contributed by atoms with Crippen LogP contribution in [0.2, 0.25) is 0 Å². The number of methoxy groups -OCH3 is 1. The molecule has 0 radical (unpaired) electrons. The fourth-order valence-corrected chi connectivity index (χ4v) is 1.03. The highest BCUT2D eigenvalue weighted by atomic mass is 16.5. The summed E-state index contributed by atoms with van der Waals surface area (Å²) >= 11 is 0. The van der Waals surface area contributed by atoms with Crippen LogP contribution in [0, 0.1) is 0 Å². The Morgan fingerprint density at radius 3 is 3.15 bits per heavy atom. The van der Waals surface area contributed by atoms with Crippen LogP contribution in [0.15, 0.2) is 23.3 Å². The van der Waals surface area contributed by atoms with E-state index in [0.29, 0.717) is 5.52 Å². The molecule has 0 aromatic carbocycles. The average molecular weight is 177 g/mol. The summed E-state index contributed by atoms with van der Waals surface area (Å²) in [5, 5.41) is 0.778. The van der Waals surface area contributed by atoms with Crippen molar-refractivity contribution in [1.82, 2.24) is 15.0 Å². The lowest BCUT2D eigenvalue weighted by Crippen LogP contribution is -2.03. The first kappa shape index (κ1) is 7.72. The maximum atomic E-state index is 10.9. The predicted octanol–water partition coefficient (Wildman–Crippen LogP) is 0.327. The summed E-state index contributed by atoms with van der Waals surface area (Å²) in [5.74, 6) is 0. The molecule has 5 nitrogen and oxygen atoms in total. The minimum atomic E-state index is -0.187. The van der Waals surface area contributed by atoms with E-state index in [1.165, 1.54) is 13.2 Å². The Hall–Kier alpha value is -1.91. The quantitative estimate of drug-likeness (QED) is 0.681. The third kappa shape index (κ3) is 1.35. The van der Waals surface area contributed by atoms with Gasteiger partial charge in [0.2, 0.25) is 5.56 Å². The third-order valence-corrected chi connectivity index (χ3v) is 1.65. The van der Waals surface area contributed by atoms with Crippen LogP contribution >= 0.6 is 0 Å². The van der Waals surface area contributed by atoms with Crippen LogP contribution in [0.4, 0.5) is 0 Å². The Balaban J connectivity index is 2.75. The van der Waals surface area contributed by atoms with Gasteiger partial charge in [0.25, 0.3) is 0 Å². The summed E-state index contributed by atoms with van der Waals surface area (Å²) in [6, 6.07) is 1.66. The smallest absolute Gasteiger partial charge is 0.316 e.